The lowest BCUT2D eigenvalue weighted by Crippen LogP contribution is -2.32. The van der Waals surface area contributed by atoms with Crippen LogP contribution in [0.25, 0.3) is 6.08 Å². The molecule has 1 aliphatic heterocycles. The van der Waals surface area contributed by atoms with Crippen molar-refractivity contribution in [2.75, 3.05) is 13.2 Å². The molecule has 1 N–H and O–H groups in total. The normalized spacial score (nSPS) is 16.9. The number of hydrogen-bond acceptors (Lipinski definition) is 5. The molecule has 2 aromatic rings. The lowest BCUT2D eigenvalue weighted by Gasteiger charge is -2.10. The summed E-state index contributed by atoms with van der Waals surface area (Å²) < 4.78 is 54.5. The number of nitrogens with one attached hydrogen (secondary N) is 1. The van der Waals surface area contributed by atoms with Crippen molar-refractivity contribution in [1.29, 1.82) is 5.26 Å². The van der Waals surface area contributed by atoms with Crippen LogP contribution in [0, 0.1) is 11.3 Å². The van der Waals surface area contributed by atoms with Crippen LogP contribution in [0.1, 0.15) is 29.9 Å². The van der Waals surface area contributed by atoms with E-state index in [9.17, 15) is 23.2 Å². The van der Waals surface area contributed by atoms with E-state index in [0.29, 0.717) is 18.9 Å². The number of nitrogens with zero attached hydrogens (tertiary/aromatic N) is 1. The highest BCUT2D eigenvalue weighted by Crippen LogP contribution is 2.31. The van der Waals surface area contributed by atoms with Crippen molar-refractivity contribution in [3.63, 3.8) is 0 Å². The maximum absolute atomic E-state index is 12.8. The molecular weight excluding hydrogens is 401 g/mol. The maximum Gasteiger partial charge on any atom is 0.416 e. The van der Waals surface area contributed by atoms with Gasteiger partial charge in [-0.2, -0.15) is 18.4 Å². The highest BCUT2D eigenvalue weighted by Gasteiger charge is 2.30. The van der Waals surface area contributed by atoms with E-state index >= 15 is 0 Å². The van der Waals surface area contributed by atoms with Gasteiger partial charge in [0, 0.05) is 19.2 Å². The first-order valence-corrected chi connectivity index (χ1v) is 9.25. The molecule has 1 aliphatic rings. The molecule has 1 saturated heterocycles. The molecule has 0 bridgehead atoms. The molecule has 0 saturated carbocycles. The molecule has 3 rings (SSSR count). The largest absolute Gasteiger partial charge is 0.486 e. The quantitative estimate of drug-likeness (QED) is 0.539. The van der Waals surface area contributed by atoms with Gasteiger partial charge in [-0.25, -0.2) is 0 Å². The number of amides is 1. The van der Waals surface area contributed by atoms with Crippen molar-refractivity contribution in [3.05, 3.63) is 59.1 Å². The first kappa shape index (κ1) is 21.5. The first-order chi connectivity index (χ1) is 14.3. The minimum absolute atomic E-state index is 0.0443. The average molecular weight is 420 g/mol. The van der Waals surface area contributed by atoms with Crippen LogP contribution in [0.5, 0.6) is 5.75 Å². The van der Waals surface area contributed by atoms with Crippen LogP contribution in [0.15, 0.2) is 46.4 Å². The highest BCUT2D eigenvalue weighted by atomic mass is 19.4. The van der Waals surface area contributed by atoms with Crippen molar-refractivity contribution in [1.82, 2.24) is 5.32 Å². The summed E-state index contributed by atoms with van der Waals surface area (Å²) in [5.74, 6) is 0.0906. The second-order valence-corrected chi connectivity index (χ2v) is 6.63. The third kappa shape index (κ3) is 5.87. The summed E-state index contributed by atoms with van der Waals surface area (Å²) in [5.41, 5.74) is -0.941. The van der Waals surface area contributed by atoms with Crippen LogP contribution in [-0.4, -0.2) is 25.2 Å². The Balaban J connectivity index is 1.58. The molecule has 0 unspecified atom stereocenters. The van der Waals surface area contributed by atoms with E-state index in [0.717, 1.165) is 25.0 Å². The Bertz CT molecular complexity index is 954. The number of hydrogen-bond donors (Lipinski definition) is 1. The van der Waals surface area contributed by atoms with Crippen molar-refractivity contribution >= 4 is 12.0 Å². The van der Waals surface area contributed by atoms with Crippen LogP contribution in [0.4, 0.5) is 13.2 Å². The molecule has 30 heavy (non-hydrogen) atoms. The van der Waals surface area contributed by atoms with E-state index < -0.39 is 17.6 Å². The predicted octanol–water partition coefficient (Wildman–Crippen LogP) is 4.08. The summed E-state index contributed by atoms with van der Waals surface area (Å²) in [6, 6.07) is 9.43. The van der Waals surface area contributed by atoms with Crippen LogP contribution in [0.2, 0.25) is 0 Å². The zero-order valence-electron chi connectivity index (χ0n) is 15.9. The van der Waals surface area contributed by atoms with Gasteiger partial charge in [0.25, 0.3) is 5.91 Å². The summed E-state index contributed by atoms with van der Waals surface area (Å²) in [6.07, 6.45) is -1.41. The van der Waals surface area contributed by atoms with Crippen LogP contribution in [-0.2, 0) is 22.3 Å². The summed E-state index contributed by atoms with van der Waals surface area (Å²) in [6.45, 7) is 0.883. The van der Waals surface area contributed by atoms with Crippen LogP contribution < -0.4 is 10.1 Å². The molecule has 0 aliphatic carbocycles. The summed E-state index contributed by atoms with van der Waals surface area (Å²) >= 11 is 0. The Kier molecular flexibility index (Phi) is 6.79. The Morgan fingerprint density at radius 1 is 1.33 bits per heavy atom. The molecule has 1 aromatic heterocycles. The van der Waals surface area contributed by atoms with E-state index in [1.165, 1.54) is 24.3 Å². The van der Waals surface area contributed by atoms with Crippen molar-refractivity contribution < 1.29 is 31.9 Å². The number of carbonyl (C=O) groups excluding carboxylic acids is 1. The summed E-state index contributed by atoms with van der Waals surface area (Å²) in [7, 11) is 0. The number of alkyl halides is 3. The van der Waals surface area contributed by atoms with Gasteiger partial charge in [0.15, 0.2) is 0 Å². The minimum atomic E-state index is -4.46. The molecule has 2 heterocycles. The smallest absolute Gasteiger partial charge is 0.416 e. The topological polar surface area (TPSA) is 84.5 Å². The highest BCUT2D eigenvalue weighted by molar-refractivity contribution is 6.01. The van der Waals surface area contributed by atoms with E-state index in [4.69, 9.17) is 13.9 Å². The number of halogens is 3. The molecule has 1 atom stereocenters. The number of nitriles is 1. The molecule has 1 fully saturated rings. The molecule has 6 nitrogen and oxygen atoms in total. The van der Waals surface area contributed by atoms with Crippen LogP contribution >= 0.6 is 0 Å². The van der Waals surface area contributed by atoms with Crippen molar-refractivity contribution in [3.8, 4) is 11.8 Å². The zero-order valence-corrected chi connectivity index (χ0v) is 15.9. The number of rotatable bonds is 7. The molecule has 0 spiro atoms. The predicted molar refractivity (Wildman–Crippen MR) is 100 cm³/mol. The third-order valence-electron chi connectivity index (χ3n) is 4.39. The monoisotopic (exact) mass is 420 g/mol. The summed E-state index contributed by atoms with van der Waals surface area (Å²) in [5, 5.41) is 11.9. The Labute approximate surface area is 170 Å². The third-order valence-corrected chi connectivity index (χ3v) is 4.39. The SMILES string of the molecule is N#C/C(=C\c1ccc(COc2cccc(C(F)(F)F)c2)o1)C(=O)NC[C@@H]1CCCO1. The fraction of sp³-hybridized carbons (Fsp3) is 0.333. The average Bonchev–Trinajstić information content (AvgIpc) is 3.40. The van der Waals surface area contributed by atoms with Gasteiger partial charge in [0.05, 0.1) is 11.7 Å². The molecular formula is C21H19F3N2O4. The van der Waals surface area contributed by atoms with E-state index in [1.54, 1.807) is 6.07 Å². The molecule has 158 valence electrons. The zero-order chi connectivity index (χ0) is 21.6. The van der Waals surface area contributed by atoms with E-state index in [-0.39, 0.29) is 29.8 Å². The standard InChI is InChI=1S/C21H19F3N2O4/c22-21(23,24)15-3-1-4-16(10-15)29-13-19-7-6-17(30-19)9-14(11-25)20(27)26-12-18-5-2-8-28-18/h1,3-4,6-7,9-10,18H,2,5,8,12-13H2,(H,26,27)/b14-9+/t18-/m0/s1. The Morgan fingerprint density at radius 3 is 2.87 bits per heavy atom. The molecule has 9 heteroatoms. The molecule has 0 radical (unpaired) electrons. The minimum Gasteiger partial charge on any atom is -0.486 e. The van der Waals surface area contributed by atoms with Gasteiger partial charge < -0.3 is 19.2 Å². The van der Waals surface area contributed by atoms with Gasteiger partial charge in [0.2, 0.25) is 0 Å². The number of benzene rings is 1. The second kappa shape index (κ2) is 9.50. The van der Waals surface area contributed by atoms with Crippen LogP contribution in [0.3, 0.4) is 0 Å². The Morgan fingerprint density at radius 2 is 2.17 bits per heavy atom. The van der Waals surface area contributed by atoms with Crippen molar-refractivity contribution in [2.24, 2.45) is 0 Å². The van der Waals surface area contributed by atoms with Gasteiger partial charge >= 0.3 is 6.18 Å². The van der Waals surface area contributed by atoms with E-state index in [2.05, 4.69) is 5.32 Å². The van der Waals surface area contributed by atoms with Gasteiger partial charge in [-0.3, -0.25) is 4.79 Å². The maximum atomic E-state index is 12.8. The Hall–Kier alpha value is -3.25. The lowest BCUT2D eigenvalue weighted by atomic mass is 10.2. The summed E-state index contributed by atoms with van der Waals surface area (Å²) in [4.78, 5) is 12.2. The van der Waals surface area contributed by atoms with Gasteiger partial charge in [-0.1, -0.05) is 6.07 Å². The molecule has 1 aromatic carbocycles. The number of ether oxygens (including phenoxy) is 2. The fourth-order valence-corrected chi connectivity index (χ4v) is 2.86. The van der Waals surface area contributed by atoms with Gasteiger partial charge in [-0.05, 0) is 43.2 Å². The fourth-order valence-electron chi connectivity index (χ4n) is 2.86. The second-order valence-electron chi connectivity index (χ2n) is 6.63. The van der Waals surface area contributed by atoms with Crippen molar-refractivity contribution in [2.45, 2.75) is 31.7 Å². The lowest BCUT2D eigenvalue weighted by molar-refractivity contribution is -0.137. The van der Waals surface area contributed by atoms with Gasteiger partial charge in [0.1, 0.15) is 35.5 Å². The first-order valence-electron chi connectivity index (χ1n) is 9.25. The number of furan rings is 1. The number of carbonyl (C=O) groups is 1. The van der Waals surface area contributed by atoms with E-state index in [1.807, 2.05) is 6.07 Å². The molecule has 1 amide bonds. The van der Waals surface area contributed by atoms with Gasteiger partial charge in [-0.15, -0.1) is 0 Å².